The van der Waals surface area contributed by atoms with E-state index in [2.05, 4.69) is 14.6 Å². The van der Waals surface area contributed by atoms with Crippen molar-refractivity contribution in [2.24, 2.45) is 11.7 Å². The second-order valence-electron chi connectivity index (χ2n) is 7.54. The third kappa shape index (κ3) is 5.12. The molecule has 0 aromatic carbocycles. The summed E-state index contributed by atoms with van der Waals surface area (Å²) in [6.07, 6.45) is 5.70. The number of likely N-dealkylation sites (tertiary alicyclic amines) is 2. The molecule has 0 saturated carbocycles. The molecule has 1 aromatic rings. The number of aromatic nitrogens is 1. The first-order valence-corrected chi connectivity index (χ1v) is 11.3. The van der Waals surface area contributed by atoms with Crippen molar-refractivity contribution >= 4 is 21.8 Å². The van der Waals surface area contributed by atoms with E-state index in [9.17, 15) is 18.0 Å². The van der Waals surface area contributed by atoms with Crippen molar-refractivity contribution in [3.05, 3.63) is 18.0 Å². The van der Waals surface area contributed by atoms with Crippen LogP contribution >= 0.6 is 0 Å². The topological polar surface area (TPSA) is 129 Å². The van der Waals surface area contributed by atoms with Crippen LogP contribution in [-0.2, 0) is 14.8 Å². The molecule has 2 amide bonds. The van der Waals surface area contributed by atoms with Crippen molar-refractivity contribution in [1.29, 1.82) is 0 Å². The summed E-state index contributed by atoms with van der Waals surface area (Å²) in [5, 5.41) is 0. The van der Waals surface area contributed by atoms with Gasteiger partial charge in [-0.3, -0.25) is 9.59 Å². The van der Waals surface area contributed by atoms with Gasteiger partial charge in [0.25, 0.3) is 5.91 Å². The van der Waals surface area contributed by atoms with E-state index in [0.29, 0.717) is 44.8 Å². The van der Waals surface area contributed by atoms with Crippen LogP contribution in [0.5, 0.6) is 0 Å². The molecule has 3 rings (SSSR count). The van der Waals surface area contributed by atoms with Crippen LogP contribution < -0.4 is 10.5 Å². The molecule has 156 valence electrons. The Bertz CT molecular complexity index is 801. The van der Waals surface area contributed by atoms with Gasteiger partial charge in [0.15, 0.2) is 0 Å². The first kappa shape index (κ1) is 20.8. The summed E-state index contributed by atoms with van der Waals surface area (Å²) in [7, 11) is -3.67. The van der Waals surface area contributed by atoms with Crippen LogP contribution in [0.3, 0.4) is 0 Å². The number of piperidine rings is 1. The van der Waals surface area contributed by atoms with Gasteiger partial charge in [0.05, 0.1) is 5.92 Å². The maximum Gasteiger partial charge on any atom is 0.270 e. The predicted octanol–water partition coefficient (Wildman–Crippen LogP) is 0.116. The molecule has 0 radical (unpaired) electrons. The van der Waals surface area contributed by atoms with Gasteiger partial charge in [-0.15, -0.1) is 0 Å². The van der Waals surface area contributed by atoms with E-state index in [4.69, 9.17) is 5.73 Å². The summed E-state index contributed by atoms with van der Waals surface area (Å²) in [5.74, 6) is -0.540. The summed E-state index contributed by atoms with van der Waals surface area (Å²) in [6, 6.07) is 1.39. The summed E-state index contributed by atoms with van der Waals surface area (Å²) in [4.78, 5) is 30.4. The van der Waals surface area contributed by atoms with E-state index in [1.165, 1.54) is 12.3 Å². The molecule has 2 aliphatic heterocycles. The van der Waals surface area contributed by atoms with Crippen LogP contribution in [0.4, 0.5) is 0 Å². The molecule has 1 unspecified atom stereocenters. The van der Waals surface area contributed by atoms with Crippen LogP contribution in [0.2, 0.25) is 0 Å². The number of nitrogens with two attached hydrogens (primary N) is 1. The normalized spacial score (nSPS) is 21.1. The highest BCUT2D eigenvalue weighted by atomic mass is 32.2. The molecule has 0 aliphatic carbocycles. The number of primary amides is 1. The number of hydrogen-bond donors (Lipinski definition) is 3. The fourth-order valence-electron chi connectivity index (χ4n) is 3.83. The summed E-state index contributed by atoms with van der Waals surface area (Å²) in [6.45, 7) is 3.97. The van der Waals surface area contributed by atoms with Crippen molar-refractivity contribution in [2.45, 2.75) is 37.0 Å². The van der Waals surface area contributed by atoms with Gasteiger partial charge in [0, 0.05) is 32.4 Å². The minimum atomic E-state index is -3.67. The molecule has 1 atom stereocenters. The molecule has 2 aliphatic rings. The Balaban J connectivity index is 1.46. The van der Waals surface area contributed by atoms with Crippen LogP contribution in [-0.4, -0.2) is 74.3 Å². The van der Waals surface area contributed by atoms with Crippen molar-refractivity contribution in [3.8, 4) is 0 Å². The number of nitrogens with one attached hydrogen (secondary N) is 2. The van der Waals surface area contributed by atoms with Crippen LogP contribution in [0.15, 0.2) is 17.2 Å². The van der Waals surface area contributed by atoms with Gasteiger partial charge in [-0.2, -0.15) is 0 Å². The van der Waals surface area contributed by atoms with Crippen molar-refractivity contribution < 1.29 is 18.0 Å². The summed E-state index contributed by atoms with van der Waals surface area (Å²) >= 11 is 0. The Hall–Kier alpha value is -1.91. The van der Waals surface area contributed by atoms with E-state index in [1.54, 1.807) is 4.90 Å². The molecular weight excluding hydrogens is 382 g/mol. The van der Waals surface area contributed by atoms with Gasteiger partial charge in [-0.25, -0.2) is 13.1 Å². The maximum atomic E-state index is 12.5. The van der Waals surface area contributed by atoms with Crippen molar-refractivity contribution in [1.82, 2.24) is 19.5 Å². The number of hydrogen-bond acceptors (Lipinski definition) is 5. The van der Waals surface area contributed by atoms with Crippen LogP contribution in [0.1, 0.15) is 42.6 Å². The Kier molecular flexibility index (Phi) is 6.73. The number of carbonyl (C=O) groups excluding carboxylic acids is 2. The molecule has 4 N–H and O–H groups in total. The number of sulfonamides is 1. The molecule has 0 spiro atoms. The zero-order chi connectivity index (χ0) is 20.1. The number of nitrogens with zero attached hydrogens (tertiary/aromatic N) is 2. The molecule has 0 bridgehead atoms. The van der Waals surface area contributed by atoms with E-state index in [0.717, 1.165) is 32.2 Å². The number of aromatic amines is 1. The van der Waals surface area contributed by atoms with Gasteiger partial charge in [-0.05, 0) is 51.3 Å². The third-order valence-electron chi connectivity index (χ3n) is 5.44. The number of amides is 2. The number of H-pyrrole nitrogens is 1. The maximum absolute atomic E-state index is 12.5. The van der Waals surface area contributed by atoms with Gasteiger partial charge in [0.1, 0.15) is 10.6 Å². The first-order chi connectivity index (χ1) is 13.4. The molecule has 3 heterocycles. The molecule has 9 nitrogen and oxygen atoms in total. The zero-order valence-corrected chi connectivity index (χ0v) is 16.8. The van der Waals surface area contributed by atoms with Gasteiger partial charge in [0.2, 0.25) is 15.9 Å². The monoisotopic (exact) mass is 411 g/mol. The highest BCUT2D eigenvalue weighted by molar-refractivity contribution is 7.89. The van der Waals surface area contributed by atoms with E-state index in [1.807, 2.05) is 0 Å². The van der Waals surface area contributed by atoms with Gasteiger partial charge < -0.3 is 20.5 Å². The Morgan fingerprint density at radius 1 is 1.21 bits per heavy atom. The Labute approximate surface area is 165 Å². The minimum absolute atomic E-state index is 0.0711. The van der Waals surface area contributed by atoms with Gasteiger partial charge in [-0.1, -0.05) is 0 Å². The average molecular weight is 412 g/mol. The van der Waals surface area contributed by atoms with Gasteiger partial charge >= 0.3 is 0 Å². The average Bonchev–Trinajstić information content (AvgIpc) is 3.37. The molecule has 10 heteroatoms. The van der Waals surface area contributed by atoms with E-state index in [-0.39, 0.29) is 22.6 Å². The van der Waals surface area contributed by atoms with E-state index < -0.39 is 10.0 Å². The van der Waals surface area contributed by atoms with Crippen molar-refractivity contribution in [2.75, 3.05) is 39.3 Å². The molecular formula is C18H29N5O4S. The second-order valence-corrected chi connectivity index (χ2v) is 9.31. The quantitative estimate of drug-likeness (QED) is 0.523. The number of rotatable bonds is 8. The Morgan fingerprint density at radius 3 is 2.68 bits per heavy atom. The SMILES string of the molecule is NC(=O)C1CCCN(CCCNS(=O)(=O)c2c[nH]c(C(=O)N3CCCC3)c2)C1. The lowest BCUT2D eigenvalue weighted by Crippen LogP contribution is -2.42. The lowest BCUT2D eigenvalue weighted by atomic mass is 9.97. The summed E-state index contributed by atoms with van der Waals surface area (Å²) < 4.78 is 27.5. The third-order valence-corrected chi connectivity index (χ3v) is 6.88. The lowest BCUT2D eigenvalue weighted by molar-refractivity contribution is -0.123. The predicted molar refractivity (Wildman–Crippen MR) is 104 cm³/mol. The zero-order valence-electron chi connectivity index (χ0n) is 16.0. The largest absolute Gasteiger partial charge is 0.369 e. The fraction of sp³-hybridized carbons (Fsp3) is 0.667. The van der Waals surface area contributed by atoms with Crippen LogP contribution in [0.25, 0.3) is 0 Å². The second kappa shape index (κ2) is 9.06. The Morgan fingerprint density at radius 2 is 1.96 bits per heavy atom. The van der Waals surface area contributed by atoms with Crippen LogP contribution in [0, 0.1) is 5.92 Å². The fourth-order valence-corrected chi connectivity index (χ4v) is 4.89. The number of carbonyl (C=O) groups is 2. The molecule has 1 aromatic heterocycles. The highest BCUT2D eigenvalue weighted by Crippen LogP contribution is 2.17. The standard InChI is InChI=1S/C18H29N5O4S/c19-17(24)14-5-3-7-22(13-14)8-4-6-21-28(26,27)15-11-16(20-12-15)18(25)23-9-1-2-10-23/h11-12,14,20-21H,1-10,13H2,(H2,19,24). The molecule has 28 heavy (non-hydrogen) atoms. The minimum Gasteiger partial charge on any atom is -0.369 e. The van der Waals surface area contributed by atoms with Crippen molar-refractivity contribution in [3.63, 3.8) is 0 Å². The van der Waals surface area contributed by atoms with E-state index >= 15 is 0 Å². The summed E-state index contributed by atoms with van der Waals surface area (Å²) in [5.41, 5.74) is 5.68. The molecule has 2 fully saturated rings. The molecule has 2 saturated heterocycles. The smallest absolute Gasteiger partial charge is 0.270 e. The lowest BCUT2D eigenvalue weighted by Gasteiger charge is -2.31. The highest BCUT2D eigenvalue weighted by Gasteiger charge is 2.25. The first-order valence-electron chi connectivity index (χ1n) is 9.86.